The Morgan fingerprint density at radius 2 is 2.11 bits per heavy atom. The van der Waals surface area contributed by atoms with E-state index in [9.17, 15) is 10.1 Å². The lowest BCUT2D eigenvalue weighted by Crippen LogP contribution is -1.91. The maximum absolute atomic E-state index is 11.0. The molecule has 0 radical (unpaired) electrons. The summed E-state index contributed by atoms with van der Waals surface area (Å²) < 4.78 is 5.46. The minimum atomic E-state index is -0.482. The molecular formula is C12H6ClN3O3. The maximum atomic E-state index is 11.0. The highest BCUT2D eigenvalue weighted by molar-refractivity contribution is 6.30. The fourth-order valence-electron chi connectivity index (χ4n) is 1.72. The molecule has 0 spiro atoms. The minimum absolute atomic E-state index is 0.0693. The van der Waals surface area contributed by atoms with Gasteiger partial charge in [0.1, 0.15) is 5.56 Å². The van der Waals surface area contributed by atoms with Crippen LogP contribution in [-0.2, 0) is 0 Å². The molecule has 0 saturated heterocycles. The first kappa shape index (κ1) is 11.6. The largest absolute Gasteiger partial charge is 0.434 e. The molecule has 0 N–H and O–H groups in total. The van der Waals surface area contributed by atoms with Crippen LogP contribution >= 0.6 is 11.6 Å². The van der Waals surface area contributed by atoms with Gasteiger partial charge in [-0.25, -0.2) is 4.98 Å². The van der Waals surface area contributed by atoms with E-state index in [0.29, 0.717) is 21.8 Å². The van der Waals surface area contributed by atoms with Crippen molar-refractivity contribution in [3.8, 4) is 11.5 Å². The van der Waals surface area contributed by atoms with Crippen molar-refractivity contribution in [1.82, 2.24) is 9.97 Å². The molecule has 0 amide bonds. The Hall–Kier alpha value is -2.47. The molecule has 3 aromatic rings. The van der Waals surface area contributed by atoms with Gasteiger partial charge in [-0.2, -0.15) is 4.98 Å². The summed E-state index contributed by atoms with van der Waals surface area (Å²) in [5.41, 5.74) is 0.986. The van der Waals surface area contributed by atoms with Crippen LogP contribution in [0.5, 0.6) is 0 Å². The Balaban J connectivity index is 2.22. The van der Waals surface area contributed by atoms with Crippen LogP contribution in [-0.4, -0.2) is 14.9 Å². The maximum Gasteiger partial charge on any atom is 0.282 e. The molecule has 0 saturated carbocycles. The minimum Gasteiger partial charge on any atom is -0.434 e. The number of hydrogen-bond donors (Lipinski definition) is 0. The van der Waals surface area contributed by atoms with Crippen LogP contribution in [0.4, 0.5) is 5.69 Å². The fourth-order valence-corrected chi connectivity index (χ4v) is 1.87. The van der Waals surface area contributed by atoms with Crippen molar-refractivity contribution in [2.75, 3.05) is 0 Å². The zero-order valence-corrected chi connectivity index (χ0v) is 10.2. The summed E-state index contributed by atoms with van der Waals surface area (Å²) in [6, 6.07) is 7.79. The molecule has 0 bridgehead atoms. The molecule has 0 atom stereocenters. The summed E-state index contributed by atoms with van der Waals surface area (Å²) in [6.07, 6.45) is 1.44. The summed E-state index contributed by atoms with van der Waals surface area (Å²) >= 11 is 5.80. The Kier molecular flexibility index (Phi) is 2.64. The molecule has 2 heterocycles. The average Bonchev–Trinajstić information content (AvgIpc) is 2.81. The summed E-state index contributed by atoms with van der Waals surface area (Å²) in [5, 5.41) is 11.4. The van der Waals surface area contributed by atoms with Gasteiger partial charge in [0.05, 0.1) is 9.95 Å². The van der Waals surface area contributed by atoms with Crippen LogP contribution in [0, 0.1) is 10.1 Å². The van der Waals surface area contributed by atoms with E-state index in [1.54, 1.807) is 24.3 Å². The monoisotopic (exact) mass is 275 g/mol. The standard InChI is InChI=1S/C12H6ClN3O3/c13-7-5-10-11(14-6-7)15-12(19-10)8-3-1-2-4-9(8)16(17)18/h1-6H. The Morgan fingerprint density at radius 3 is 2.89 bits per heavy atom. The molecule has 2 aromatic heterocycles. The SMILES string of the molecule is O=[N+]([O-])c1ccccc1-c1nc2ncc(Cl)cc2o1. The first-order valence-electron chi connectivity index (χ1n) is 5.31. The van der Waals surface area contributed by atoms with Gasteiger partial charge in [0.15, 0.2) is 11.2 Å². The van der Waals surface area contributed by atoms with Crippen molar-refractivity contribution in [2.45, 2.75) is 0 Å². The first-order chi connectivity index (χ1) is 9.15. The number of fused-ring (bicyclic) bond motifs is 1. The van der Waals surface area contributed by atoms with Gasteiger partial charge in [0, 0.05) is 18.3 Å². The summed E-state index contributed by atoms with van der Waals surface area (Å²) in [4.78, 5) is 18.6. The van der Waals surface area contributed by atoms with E-state index in [0.717, 1.165) is 0 Å². The third-order valence-corrected chi connectivity index (χ3v) is 2.75. The second-order valence-corrected chi connectivity index (χ2v) is 4.20. The van der Waals surface area contributed by atoms with E-state index < -0.39 is 4.92 Å². The number of benzene rings is 1. The number of pyridine rings is 1. The topological polar surface area (TPSA) is 82.1 Å². The van der Waals surface area contributed by atoms with E-state index in [1.807, 2.05) is 0 Å². The van der Waals surface area contributed by atoms with Gasteiger partial charge in [-0.1, -0.05) is 23.7 Å². The number of nitro groups is 1. The normalized spacial score (nSPS) is 10.8. The fraction of sp³-hybridized carbons (Fsp3) is 0. The third-order valence-electron chi connectivity index (χ3n) is 2.54. The quantitative estimate of drug-likeness (QED) is 0.528. The second kappa shape index (κ2) is 4.33. The molecule has 19 heavy (non-hydrogen) atoms. The molecule has 94 valence electrons. The second-order valence-electron chi connectivity index (χ2n) is 3.77. The van der Waals surface area contributed by atoms with Gasteiger partial charge >= 0.3 is 0 Å². The number of halogens is 1. The van der Waals surface area contributed by atoms with E-state index in [-0.39, 0.29) is 11.6 Å². The molecule has 0 aliphatic heterocycles. The lowest BCUT2D eigenvalue weighted by atomic mass is 10.2. The molecule has 7 heteroatoms. The highest BCUT2D eigenvalue weighted by Gasteiger charge is 2.19. The third kappa shape index (κ3) is 2.02. The van der Waals surface area contributed by atoms with Gasteiger partial charge in [-0.05, 0) is 6.07 Å². The molecule has 0 fully saturated rings. The molecular weight excluding hydrogens is 270 g/mol. The van der Waals surface area contributed by atoms with Crippen molar-refractivity contribution in [1.29, 1.82) is 0 Å². The molecule has 0 aliphatic rings. The van der Waals surface area contributed by atoms with Crippen LogP contribution in [0.2, 0.25) is 5.02 Å². The summed E-state index contributed by atoms with van der Waals surface area (Å²) in [5.74, 6) is 0.150. The first-order valence-corrected chi connectivity index (χ1v) is 5.69. The summed E-state index contributed by atoms with van der Waals surface area (Å²) in [6.45, 7) is 0. The van der Waals surface area contributed by atoms with E-state index in [1.165, 1.54) is 12.3 Å². The van der Waals surface area contributed by atoms with Gasteiger partial charge in [0.2, 0.25) is 5.89 Å². The van der Waals surface area contributed by atoms with Crippen molar-refractivity contribution in [3.63, 3.8) is 0 Å². The number of hydrogen-bond acceptors (Lipinski definition) is 5. The lowest BCUT2D eigenvalue weighted by Gasteiger charge is -1.96. The van der Waals surface area contributed by atoms with Gasteiger partial charge in [0.25, 0.3) is 5.69 Å². The van der Waals surface area contributed by atoms with Crippen LogP contribution in [0.1, 0.15) is 0 Å². The number of rotatable bonds is 2. The van der Waals surface area contributed by atoms with E-state index in [4.69, 9.17) is 16.0 Å². The van der Waals surface area contributed by atoms with Gasteiger partial charge in [-0.15, -0.1) is 0 Å². The van der Waals surface area contributed by atoms with Crippen molar-refractivity contribution < 1.29 is 9.34 Å². The highest BCUT2D eigenvalue weighted by atomic mass is 35.5. The number of aromatic nitrogens is 2. The van der Waals surface area contributed by atoms with Gasteiger partial charge in [-0.3, -0.25) is 10.1 Å². The zero-order valence-electron chi connectivity index (χ0n) is 9.41. The van der Waals surface area contributed by atoms with Crippen LogP contribution in [0.15, 0.2) is 40.9 Å². The van der Waals surface area contributed by atoms with Crippen LogP contribution < -0.4 is 0 Å². The molecule has 3 rings (SSSR count). The zero-order chi connectivity index (χ0) is 13.4. The van der Waals surface area contributed by atoms with Crippen LogP contribution in [0.25, 0.3) is 22.7 Å². The Morgan fingerprint density at radius 1 is 1.32 bits per heavy atom. The van der Waals surface area contributed by atoms with Crippen molar-refractivity contribution in [2.24, 2.45) is 0 Å². The Bertz CT molecular complexity index is 785. The smallest absolute Gasteiger partial charge is 0.282 e. The van der Waals surface area contributed by atoms with Crippen LogP contribution in [0.3, 0.4) is 0 Å². The van der Waals surface area contributed by atoms with Crippen molar-refractivity contribution >= 4 is 28.5 Å². The predicted octanol–water partition coefficient (Wildman–Crippen LogP) is 3.45. The molecule has 6 nitrogen and oxygen atoms in total. The number of nitro benzene ring substituents is 1. The van der Waals surface area contributed by atoms with E-state index >= 15 is 0 Å². The van der Waals surface area contributed by atoms with Gasteiger partial charge < -0.3 is 4.42 Å². The predicted molar refractivity (Wildman–Crippen MR) is 68.9 cm³/mol. The molecule has 0 aliphatic carbocycles. The molecule has 0 unspecified atom stereocenters. The average molecular weight is 276 g/mol. The number of nitrogens with zero attached hydrogens (tertiary/aromatic N) is 3. The van der Waals surface area contributed by atoms with Crippen molar-refractivity contribution in [3.05, 3.63) is 51.7 Å². The van der Waals surface area contributed by atoms with E-state index in [2.05, 4.69) is 9.97 Å². The lowest BCUT2D eigenvalue weighted by molar-refractivity contribution is -0.384. The highest BCUT2D eigenvalue weighted by Crippen LogP contribution is 2.31. The number of oxazole rings is 1. The molecule has 1 aromatic carbocycles. The number of para-hydroxylation sites is 1. The summed E-state index contributed by atoms with van der Waals surface area (Å²) in [7, 11) is 0. The Labute approximate surface area is 111 Å².